The van der Waals surface area contributed by atoms with E-state index >= 15 is 0 Å². The molecule has 0 bridgehead atoms. The van der Waals surface area contributed by atoms with Crippen LogP contribution in [-0.2, 0) is 13.8 Å². The minimum absolute atomic E-state index is 0.0315. The Morgan fingerprint density at radius 3 is 2.79 bits per heavy atom. The molecule has 2 unspecified atom stereocenters. The molecular formula is C28H40N7O5PS. The summed E-state index contributed by atoms with van der Waals surface area (Å²) in [6, 6.07) is 9.27. The van der Waals surface area contributed by atoms with Gasteiger partial charge in [0.1, 0.15) is 18.4 Å². The first-order valence-electron chi connectivity index (χ1n) is 14.9. The Labute approximate surface area is 255 Å². The zero-order valence-electron chi connectivity index (χ0n) is 26.5. The molecule has 1 N–H and O–H groups in total. The third-order valence-electron chi connectivity index (χ3n) is 6.81. The van der Waals surface area contributed by atoms with Crippen molar-refractivity contribution < 1.29 is 25.1 Å². The largest absolute Gasteiger partial charge is 0.400 e. The van der Waals surface area contributed by atoms with Crippen molar-refractivity contribution in [2.75, 3.05) is 46.7 Å². The number of aliphatic hydroxyl groups excluding tert-OH is 1. The molecular weight excluding hydrogens is 577 g/mol. The Kier molecular flexibility index (Phi) is 11.1. The van der Waals surface area contributed by atoms with Crippen molar-refractivity contribution in [3.63, 3.8) is 0 Å². The van der Waals surface area contributed by atoms with Crippen LogP contribution in [0.2, 0.25) is 0 Å². The van der Waals surface area contributed by atoms with E-state index in [0.717, 1.165) is 31.8 Å². The van der Waals surface area contributed by atoms with Crippen LogP contribution < -0.4 is 0 Å². The van der Waals surface area contributed by atoms with E-state index in [1.54, 1.807) is 6.33 Å². The van der Waals surface area contributed by atoms with E-state index in [2.05, 4.69) is 29.7 Å². The molecule has 0 saturated carbocycles. The molecule has 2 fully saturated rings. The van der Waals surface area contributed by atoms with Gasteiger partial charge in [-0.3, -0.25) is 9.36 Å². The third-order valence-corrected chi connectivity index (χ3v) is 9.40. The summed E-state index contributed by atoms with van der Waals surface area (Å²) >= 11 is 1.25. The molecule has 0 aliphatic carbocycles. The molecule has 2 aliphatic heterocycles. The highest BCUT2D eigenvalue weighted by Gasteiger charge is 2.39. The summed E-state index contributed by atoms with van der Waals surface area (Å²) < 4.78 is 37.1. The number of hydrogen-bond donors (Lipinski definition) is 1. The molecule has 2 saturated heterocycles. The van der Waals surface area contributed by atoms with Crippen molar-refractivity contribution in [1.29, 1.82) is 1.43 Å². The number of imidazole rings is 1. The molecule has 3 aromatic rings. The van der Waals surface area contributed by atoms with E-state index in [-0.39, 0.29) is 18.1 Å². The van der Waals surface area contributed by atoms with Gasteiger partial charge in [-0.15, -0.1) is 0 Å². The number of amidine groups is 1. The number of aliphatic imine (C=N–C) groups is 1. The van der Waals surface area contributed by atoms with Crippen molar-refractivity contribution in [3.8, 4) is 0 Å². The first kappa shape index (κ1) is 29.6. The maximum atomic E-state index is 12.5. The molecule has 228 valence electrons. The number of ether oxygens (including phenoxy) is 1. The number of carbonyl (C=O) groups is 1. The fraction of sp³-hybridized carbons (Fsp3) is 0.536. The first-order chi connectivity index (χ1) is 21.4. The Morgan fingerprint density at radius 2 is 2.07 bits per heavy atom. The lowest BCUT2D eigenvalue weighted by Crippen LogP contribution is -2.25. The van der Waals surface area contributed by atoms with Crippen LogP contribution in [0, 0.1) is 0 Å². The molecule has 4 atom stereocenters. The van der Waals surface area contributed by atoms with E-state index in [0.29, 0.717) is 41.3 Å². The standard InChI is InChI=1S/C27H36N7O4PS.CH4O/c1-19-22(16-23(37-19)34-18-30-24-25(28-17-29-26(24)34)31-20(2)32(3)4)38-39(33-12-8-9-13-33)36-14-15-40-27(35)21-10-6-5-7-11-21;1-2/h5-7,10-11,17-19,22-23H,8-9,12-16H2,1-4H3;2H,1H3/t19-,22?,23-,39?;/m1./s1/i1D;2T. The maximum absolute atomic E-state index is 12.5. The number of carbonyl (C=O) groups excluding carboxylic acids is 1. The molecule has 4 heterocycles. The number of fused-ring (bicyclic) bond motifs is 1. The quantitative estimate of drug-likeness (QED) is 0.147. The smallest absolute Gasteiger partial charge is 0.259 e. The van der Waals surface area contributed by atoms with Crippen LogP contribution >= 0.6 is 20.3 Å². The van der Waals surface area contributed by atoms with Crippen LogP contribution in [0.4, 0.5) is 5.82 Å². The average Bonchev–Trinajstić information content (AvgIpc) is 3.80. The summed E-state index contributed by atoms with van der Waals surface area (Å²) in [7, 11) is 3.79. The number of benzene rings is 1. The second-order valence-electron chi connectivity index (χ2n) is 9.82. The van der Waals surface area contributed by atoms with Gasteiger partial charge in [0.15, 0.2) is 17.0 Å². The molecule has 0 amide bonds. The lowest BCUT2D eigenvalue weighted by Gasteiger charge is -2.28. The molecule has 5 rings (SSSR count). The van der Waals surface area contributed by atoms with Gasteiger partial charge in [-0.25, -0.2) is 24.6 Å². The van der Waals surface area contributed by atoms with Crippen LogP contribution in [0.15, 0.2) is 48.0 Å². The summed E-state index contributed by atoms with van der Waals surface area (Å²) in [6.07, 6.45) is 4.76. The van der Waals surface area contributed by atoms with Crippen molar-refractivity contribution in [2.24, 2.45) is 4.99 Å². The lowest BCUT2D eigenvalue weighted by atomic mass is 10.2. The monoisotopic (exact) mass is 620 g/mol. The summed E-state index contributed by atoms with van der Waals surface area (Å²) in [6.45, 7) is 4.18. The lowest BCUT2D eigenvalue weighted by molar-refractivity contribution is -0.00405. The van der Waals surface area contributed by atoms with Gasteiger partial charge < -0.3 is 23.8 Å². The average molecular weight is 621 g/mol. The van der Waals surface area contributed by atoms with Crippen LogP contribution in [0.3, 0.4) is 0 Å². The Morgan fingerprint density at radius 1 is 1.31 bits per heavy atom. The minimum Gasteiger partial charge on any atom is -0.400 e. The van der Waals surface area contributed by atoms with Gasteiger partial charge in [-0.2, -0.15) is 0 Å². The Bertz CT molecular complexity index is 1370. The number of hydrogen-bond acceptors (Lipinski definition) is 11. The van der Waals surface area contributed by atoms with Crippen molar-refractivity contribution in [3.05, 3.63) is 48.5 Å². The zero-order chi connectivity index (χ0) is 31.5. The minimum atomic E-state index is -1.35. The number of aromatic nitrogens is 4. The van der Waals surface area contributed by atoms with Gasteiger partial charge in [0.05, 0.1) is 25.1 Å². The molecule has 0 radical (unpaired) electrons. The van der Waals surface area contributed by atoms with Gasteiger partial charge >= 0.3 is 0 Å². The molecule has 14 heteroatoms. The van der Waals surface area contributed by atoms with Crippen molar-refractivity contribution in [2.45, 2.75) is 51.5 Å². The normalized spacial score (nSPS) is 22.4. The zero-order valence-corrected chi connectivity index (χ0v) is 26.2. The maximum Gasteiger partial charge on any atom is 0.259 e. The molecule has 2 aromatic heterocycles. The number of nitrogens with zero attached hydrogens (tertiary/aromatic N) is 7. The van der Waals surface area contributed by atoms with Crippen LogP contribution in [0.25, 0.3) is 11.2 Å². The predicted molar refractivity (Wildman–Crippen MR) is 166 cm³/mol. The molecule has 0 spiro atoms. The molecule has 2 aliphatic rings. The van der Waals surface area contributed by atoms with Crippen molar-refractivity contribution in [1.82, 2.24) is 29.1 Å². The number of aliphatic hydroxyl groups is 1. The van der Waals surface area contributed by atoms with E-state index in [9.17, 15) is 4.79 Å². The fourth-order valence-corrected chi connectivity index (χ4v) is 6.88. The molecule has 1 aromatic carbocycles. The Hall–Kier alpha value is -2.51. The van der Waals surface area contributed by atoms with Gasteiger partial charge in [-0.05, 0) is 26.7 Å². The highest BCUT2D eigenvalue weighted by molar-refractivity contribution is 8.14. The van der Waals surface area contributed by atoms with Gasteiger partial charge in [0.2, 0.25) is 6.55 Å². The van der Waals surface area contributed by atoms with E-state index < -0.39 is 20.9 Å². The summed E-state index contributed by atoms with van der Waals surface area (Å²) in [5.41, 5.74) is 1.90. The fourth-order valence-electron chi connectivity index (χ4n) is 4.44. The first-order valence-corrected chi connectivity index (χ1v) is 15.9. The van der Waals surface area contributed by atoms with Gasteiger partial charge in [0, 0.05) is 53.4 Å². The molecule has 12 nitrogen and oxygen atoms in total. The van der Waals surface area contributed by atoms with Crippen LogP contribution in [0.1, 0.15) is 51.0 Å². The number of thioether (sulfide) groups is 1. The number of rotatable bonds is 10. The van der Waals surface area contributed by atoms with E-state index in [1.165, 1.54) is 25.2 Å². The predicted octanol–water partition coefficient (Wildman–Crippen LogP) is 4.65. The molecule has 42 heavy (non-hydrogen) atoms. The van der Waals surface area contributed by atoms with E-state index in [1.807, 2.05) is 60.8 Å². The van der Waals surface area contributed by atoms with Crippen molar-refractivity contribution >= 4 is 48.2 Å². The topological polar surface area (TPSA) is 127 Å². The van der Waals surface area contributed by atoms with Gasteiger partial charge in [-0.1, -0.05) is 42.1 Å². The summed E-state index contributed by atoms with van der Waals surface area (Å²) in [4.78, 5) is 32.3. The van der Waals surface area contributed by atoms with Crippen LogP contribution in [0.5, 0.6) is 0 Å². The second-order valence-corrected chi connectivity index (χ2v) is 12.4. The van der Waals surface area contributed by atoms with Crippen LogP contribution in [-0.4, -0.2) is 105 Å². The highest BCUT2D eigenvalue weighted by atomic mass is 32.2. The second kappa shape index (κ2) is 15.8. The Balaban J connectivity index is 0.00000141. The SMILES string of the molecule is [2H]C[C@H]1O[C@@H](n2cnc3c(N=C(C)N(C)C)ncnc32)CC1OP(OCCSC(=O)c1ccccc1)N1CCCC1.[3H]OC. The third kappa shape index (κ3) is 8.10. The highest BCUT2D eigenvalue weighted by Crippen LogP contribution is 2.49. The summed E-state index contributed by atoms with van der Waals surface area (Å²) in [5.74, 6) is 1.84. The van der Waals surface area contributed by atoms with E-state index in [4.69, 9.17) is 16.6 Å². The summed E-state index contributed by atoms with van der Waals surface area (Å²) in [5, 5.41) is 3.53. The van der Waals surface area contributed by atoms with Gasteiger partial charge in [0.25, 0.3) is 8.53 Å².